The molecule has 2 heterocycles. The number of nitrogens with zero attached hydrogens (tertiary/aromatic N) is 3. The van der Waals surface area contributed by atoms with E-state index in [-0.39, 0.29) is 10.8 Å². The number of halogens is 1. The highest BCUT2D eigenvalue weighted by Crippen LogP contribution is 2.08. The fourth-order valence-electron chi connectivity index (χ4n) is 0.987. The Morgan fingerprint density at radius 1 is 1.62 bits per heavy atom. The smallest absolute Gasteiger partial charge is 0.335 e. The fourth-order valence-corrected chi connectivity index (χ4v) is 1.16. The Labute approximate surface area is 77.6 Å². The molecule has 0 unspecified atom stereocenters. The number of aromatic nitrogens is 3. The van der Waals surface area contributed by atoms with Crippen LogP contribution in [-0.2, 0) is 0 Å². The Morgan fingerprint density at radius 3 is 3.08 bits per heavy atom. The summed E-state index contributed by atoms with van der Waals surface area (Å²) in [5, 5.41) is 12.6. The van der Waals surface area contributed by atoms with Crippen molar-refractivity contribution in [3.8, 4) is 0 Å². The Bertz CT molecular complexity index is 480. The van der Waals surface area contributed by atoms with E-state index < -0.39 is 5.97 Å². The summed E-state index contributed by atoms with van der Waals surface area (Å²) in [5.74, 6) is -0.998. The van der Waals surface area contributed by atoms with Crippen molar-refractivity contribution in [2.75, 3.05) is 0 Å². The molecule has 0 amide bonds. The van der Waals surface area contributed by atoms with E-state index in [1.165, 1.54) is 22.8 Å². The van der Waals surface area contributed by atoms with Gasteiger partial charge in [0.2, 0.25) is 5.28 Å². The normalized spacial score (nSPS) is 10.5. The van der Waals surface area contributed by atoms with Gasteiger partial charge in [-0.25, -0.2) is 9.31 Å². The highest BCUT2D eigenvalue weighted by atomic mass is 35.5. The van der Waals surface area contributed by atoms with Gasteiger partial charge < -0.3 is 5.11 Å². The average Bonchev–Trinajstić information content (AvgIpc) is 2.42. The van der Waals surface area contributed by atoms with Gasteiger partial charge in [0.05, 0.1) is 5.56 Å². The van der Waals surface area contributed by atoms with E-state index in [0.717, 1.165) is 0 Å². The number of fused-ring (bicyclic) bond motifs is 1. The van der Waals surface area contributed by atoms with Gasteiger partial charge in [0.25, 0.3) is 0 Å². The third-order valence-electron chi connectivity index (χ3n) is 1.56. The zero-order chi connectivity index (χ0) is 9.42. The molecule has 0 bridgehead atoms. The van der Waals surface area contributed by atoms with Gasteiger partial charge in [0, 0.05) is 6.20 Å². The van der Waals surface area contributed by atoms with Crippen molar-refractivity contribution < 1.29 is 9.90 Å². The van der Waals surface area contributed by atoms with Crippen molar-refractivity contribution in [2.45, 2.75) is 0 Å². The van der Waals surface area contributed by atoms with E-state index in [2.05, 4.69) is 10.1 Å². The Hall–Kier alpha value is -1.62. The molecule has 0 fully saturated rings. The molecule has 13 heavy (non-hydrogen) atoms. The predicted octanol–water partition coefficient (Wildman–Crippen LogP) is 1.08. The summed E-state index contributed by atoms with van der Waals surface area (Å²) in [6.45, 7) is 0. The summed E-state index contributed by atoms with van der Waals surface area (Å²) in [6, 6.07) is 2.83. The minimum atomic E-state index is -0.998. The molecule has 0 radical (unpaired) electrons. The van der Waals surface area contributed by atoms with Crippen LogP contribution in [-0.4, -0.2) is 25.7 Å². The maximum atomic E-state index is 10.6. The number of aromatic carboxylic acids is 1. The van der Waals surface area contributed by atoms with Gasteiger partial charge in [-0.2, -0.15) is 4.98 Å². The molecule has 0 aliphatic carbocycles. The van der Waals surface area contributed by atoms with Crippen LogP contribution in [0.5, 0.6) is 0 Å². The molecule has 0 atom stereocenters. The molecule has 2 aromatic heterocycles. The first-order valence-corrected chi connectivity index (χ1v) is 3.80. The summed E-state index contributed by atoms with van der Waals surface area (Å²) in [6.07, 6.45) is 1.50. The lowest BCUT2D eigenvalue weighted by Crippen LogP contribution is -1.97. The van der Waals surface area contributed by atoms with Gasteiger partial charge in [-0.05, 0) is 23.7 Å². The quantitative estimate of drug-likeness (QED) is 0.743. The molecule has 0 aliphatic rings. The zero-order valence-electron chi connectivity index (χ0n) is 6.31. The molecule has 0 saturated heterocycles. The molecule has 0 spiro atoms. The average molecular weight is 198 g/mol. The predicted molar refractivity (Wildman–Crippen MR) is 45.0 cm³/mol. The van der Waals surface area contributed by atoms with Crippen LogP contribution >= 0.6 is 11.6 Å². The first-order chi connectivity index (χ1) is 6.16. The highest BCUT2D eigenvalue weighted by molar-refractivity contribution is 6.28. The second-order valence-electron chi connectivity index (χ2n) is 2.40. The molecule has 2 aromatic rings. The van der Waals surface area contributed by atoms with Crippen LogP contribution in [0.25, 0.3) is 5.65 Å². The number of hydrogen-bond acceptors (Lipinski definition) is 3. The Kier molecular flexibility index (Phi) is 1.66. The van der Waals surface area contributed by atoms with Crippen LogP contribution in [0.2, 0.25) is 5.28 Å². The standard InChI is InChI=1S/C7H4ClN3O2/c8-7-9-5-3-4(6(12)13)1-2-11(5)10-7/h1-3H,(H,12,13). The van der Waals surface area contributed by atoms with Crippen LogP contribution in [0.3, 0.4) is 0 Å². The Balaban J connectivity index is 2.67. The minimum Gasteiger partial charge on any atom is -0.478 e. The molecule has 0 aliphatic heterocycles. The summed E-state index contributed by atoms with van der Waals surface area (Å²) in [4.78, 5) is 14.4. The van der Waals surface area contributed by atoms with Crippen molar-refractivity contribution >= 4 is 23.2 Å². The van der Waals surface area contributed by atoms with E-state index in [1.807, 2.05) is 0 Å². The van der Waals surface area contributed by atoms with Crippen molar-refractivity contribution in [1.82, 2.24) is 14.6 Å². The summed E-state index contributed by atoms with van der Waals surface area (Å²) >= 11 is 5.52. The zero-order valence-corrected chi connectivity index (χ0v) is 7.06. The first kappa shape index (κ1) is 8.00. The molecule has 0 aromatic carbocycles. The first-order valence-electron chi connectivity index (χ1n) is 3.42. The van der Waals surface area contributed by atoms with Crippen LogP contribution in [0.1, 0.15) is 10.4 Å². The molecular weight excluding hydrogens is 194 g/mol. The monoisotopic (exact) mass is 197 g/mol. The minimum absolute atomic E-state index is 0.0996. The van der Waals surface area contributed by atoms with Crippen LogP contribution in [0.4, 0.5) is 0 Å². The van der Waals surface area contributed by atoms with E-state index in [4.69, 9.17) is 16.7 Å². The lowest BCUT2D eigenvalue weighted by Gasteiger charge is -1.93. The lowest BCUT2D eigenvalue weighted by atomic mass is 10.3. The molecule has 6 heteroatoms. The molecule has 2 rings (SSSR count). The molecule has 0 saturated carbocycles. The second-order valence-corrected chi connectivity index (χ2v) is 2.74. The van der Waals surface area contributed by atoms with Crippen molar-refractivity contribution in [3.05, 3.63) is 29.2 Å². The summed E-state index contributed by atoms with van der Waals surface area (Å²) < 4.78 is 1.41. The second kappa shape index (κ2) is 2.70. The van der Waals surface area contributed by atoms with E-state index in [9.17, 15) is 4.79 Å². The van der Waals surface area contributed by atoms with Gasteiger partial charge >= 0.3 is 5.97 Å². The van der Waals surface area contributed by atoms with Crippen molar-refractivity contribution in [1.29, 1.82) is 0 Å². The topological polar surface area (TPSA) is 67.5 Å². The molecular formula is C7H4ClN3O2. The van der Waals surface area contributed by atoms with Gasteiger partial charge in [0.1, 0.15) is 0 Å². The van der Waals surface area contributed by atoms with Crippen molar-refractivity contribution in [3.63, 3.8) is 0 Å². The molecule has 66 valence electrons. The van der Waals surface area contributed by atoms with Gasteiger partial charge in [0.15, 0.2) is 5.65 Å². The van der Waals surface area contributed by atoms with Crippen LogP contribution < -0.4 is 0 Å². The van der Waals surface area contributed by atoms with Crippen LogP contribution in [0.15, 0.2) is 18.3 Å². The number of carbonyl (C=O) groups is 1. The number of carboxylic acid groups (broad SMARTS) is 1. The largest absolute Gasteiger partial charge is 0.478 e. The Morgan fingerprint density at radius 2 is 2.38 bits per heavy atom. The SMILES string of the molecule is O=C(O)c1ccn2nc(Cl)nc2c1. The maximum Gasteiger partial charge on any atom is 0.335 e. The number of hydrogen-bond donors (Lipinski definition) is 1. The van der Waals surface area contributed by atoms with E-state index in [1.54, 1.807) is 0 Å². The highest BCUT2D eigenvalue weighted by Gasteiger charge is 2.05. The van der Waals surface area contributed by atoms with Gasteiger partial charge in [-0.15, -0.1) is 5.10 Å². The fraction of sp³-hybridized carbons (Fsp3) is 0. The maximum absolute atomic E-state index is 10.6. The molecule has 5 nitrogen and oxygen atoms in total. The number of pyridine rings is 1. The third-order valence-corrected chi connectivity index (χ3v) is 1.72. The summed E-state index contributed by atoms with van der Waals surface area (Å²) in [5.41, 5.74) is 0.585. The number of carboxylic acids is 1. The van der Waals surface area contributed by atoms with Crippen molar-refractivity contribution in [2.24, 2.45) is 0 Å². The third kappa shape index (κ3) is 1.33. The van der Waals surface area contributed by atoms with E-state index in [0.29, 0.717) is 5.65 Å². The van der Waals surface area contributed by atoms with Gasteiger partial charge in [-0.3, -0.25) is 0 Å². The number of rotatable bonds is 1. The van der Waals surface area contributed by atoms with Crippen LogP contribution in [0, 0.1) is 0 Å². The molecule has 1 N–H and O–H groups in total. The van der Waals surface area contributed by atoms with E-state index >= 15 is 0 Å². The summed E-state index contributed by atoms with van der Waals surface area (Å²) in [7, 11) is 0. The van der Waals surface area contributed by atoms with Gasteiger partial charge in [-0.1, -0.05) is 0 Å². The lowest BCUT2D eigenvalue weighted by molar-refractivity contribution is 0.0697.